The minimum Gasteiger partial charge on any atom is -0.504 e. The van der Waals surface area contributed by atoms with Gasteiger partial charge in [-0.1, -0.05) is 12.2 Å². The van der Waals surface area contributed by atoms with Crippen LogP contribution in [0, 0.1) is 0 Å². The molecule has 198 valence electrons. The van der Waals surface area contributed by atoms with Crippen molar-refractivity contribution in [2.24, 2.45) is 0 Å². The molecule has 10 nitrogen and oxygen atoms in total. The van der Waals surface area contributed by atoms with Crippen LogP contribution < -0.4 is 34.1 Å². The Labute approximate surface area is 216 Å². The minimum absolute atomic E-state index is 0.0348. The lowest BCUT2D eigenvalue weighted by Crippen LogP contribution is -2.14. The van der Waals surface area contributed by atoms with Crippen LogP contribution in [0.1, 0.15) is 18.1 Å². The molecule has 37 heavy (non-hydrogen) atoms. The van der Waals surface area contributed by atoms with Crippen molar-refractivity contribution in [3.8, 4) is 34.5 Å². The first-order valence-electron chi connectivity index (χ1n) is 11.1. The summed E-state index contributed by atoms with van der Waals surface area (Å²) in [4.78, 5) is -0.0756. The lowest BCUT2D eigenvalue weighted by molar-refractivity contribution is 0.324. The van der Waals surface area contributed by atoms with Crippen LogP contribution in [0.25, 0.3) is 12.2 Å². The van der Waals surface area contributed by atoms with Gasteiger partial charge in [-0.2, -0.15) is 0 Å². The molecule has 0 saturated heterocycles. The van der Waals surface area contributed by atoms with Crippen molar-refractivity contribution in [1.82, 2.24) is 0 Å². The summed E-state index contributed by atoms with van der Waals surface area (Å²) >= 11 is 0. The number of hydrogen-bond donors (Lipinski definition) is 3. The van der Waals surface area contributed by atoms with Gasteiger partial charge in [0.25, 0.3) is 10.0 Å². The second-order valence-electron chi connectivity index (χ2n) is 7.65. The summed E-state index contributed by atoms with van der Waals surface area (Å²) < 4.78 is 55.4. The second kappa shape index (κ2) is 11.7. The zero-order chi connectivity index (χ0) is 27.2. The normalized spacial score (nSPS) is 11.3. The summed E-state index contributed by atoms with van der Waals surface area (Å²) in [5, 5.41) is 10.5. The van der Waals surface area contributed by atoms with E-state index in [2.05, 4.69) is 4.72 Å². The van der Waals surface area contributed by atoms with Gasteiger partial charge in [0.05, 0.1) is 51.3 Å². The van der Waals surface area contributed by atoms with Crippen LogP contribution in [0.15, 0.2) is 47.4 Å². The van der Waals surface area contributed by atoms with Crippen molar-refractivity contribution in [2.75, 3.05) is 45.5 Å². The molecule has 0 bridgehead atoms. The van der Waals surface area contributed by atoms with E-state index < -0.39 is 10.0 Å². The summed E-state index contributed by atoms with van der Waals surface area (Å²) in [7, 11) is 1.80. The van der Waals surface area contributed by atoms with E-state index in [1.54, 1.807) is 31.2 Å². The number of sulfonamides is 1. The molecule has 0 heterocycles. The van der Waals surface area contributed by atoms with Crippen molar-refractivity contribution in [3.05, 3.63) is 53.6 Å². The molecule has 0 amide bonds. The Morgan fingerprint density at radius 3 is 1.95 bits per heavy atom. The molecule has 11 heteroatoms. The smallest absolute Gasteiger partial charge is 0.262 e. The number of rotatable bonds is 11. The average molecular weight is 531 g/mol. The standard InChI is InChI=1S/C26H30N2O8S/c1-6-36-22-10-9-18(15-19(22)27)37(30,31)28-20-11-16(12-21(29)25(20)34-4)7-8-17-13-23(32-2)26(35-5)24(14-17)33-3/h7-15,28-29H,6,27H2,1-5H3. The molecule has 0 aliphatic rings. The molecular weight excluding hydrogens is 500 g/mol. The maximum atomic E-state index is 13.1. The maximum Gasteiger partial charge on any atom is 0.262 e. The molecular formula is C26H30N2O8S. The molecule has 0 radical (unpaired) electrons. The summed E-state index contributed by atoms with van der Waals surface area (Å²) in [6, 6.07) is 10.6. The molecule has 0 saturated carbocycles. The lowest BCUT2D eigenvalue weighted by Gasteiger charge is -2.15. The fourth-order valence-electron chi connectivity index (χ4n) is 3.60. The first-order valence-corrected chi connectivity index (χ1v) is 12.6. The van der Waals surface area contributed by atoms with Crippen molar-refractivity contribution in [2.45, 2.75) is 11.8 Å². The summed E-state index contributed by atoms with van der Waals surface area (Å²) in [6.07, 6.45) is 3.43. The predicted octanol–water partition coefficient (Wildman–Crippen LogP) is 4.38. The molecule has 3 aromatic rings. The summed E-state index contributed by atoms with van der Waals surface area (Å²) in [6.45, 7) is 2.19. The number of anilines is 2. The number of ether oxygens (including phenoxy) is 5. The van der Waals surface area contributed by atoms with E-state index in [1.807, 2.05) is 0 Å². The lowest BCUT2D eigenvalue weighted by atomic mass is 10.1. The van der Waals surface area contributed by atoms with Crippen molar-refractivity contribution >= 4 is 33.6 Å². The van der Waals surface area contributed by atoms with Crippen molar-refractivity contribution < 1.29 is 37.2 Å². The summed E-state index contributed by atoms with van der Waals surface area (Å²) in [5.74, 6) is 1.50. The number of hydrogen-bond acceptors (Lipinski definition) is 9. The van der Waals surface area contributed by atoms with Crippen LogP contribution >= 0.6 is 0 Å². The Balaban J connectivity index is 1.97. The molecule has 4 N–H and O–H groups in total. The SMILES string of the molecule is CCOc1ccc(S(=O)(=O)Nc2cc(C=Cc3cc(OC)c(OC)c(OC)c3)cc(O)c2OC)cc1N. The van der Waals surface area contributed by atoms with E-state index in [4.69, 9.17) is 29.4 Å². The van der Waals surface area contributed by atoms with E-state index in [9.17, 15) is 13.5 Å². The third-order valence-corrected chi connectivity index (χ3v) is 6.65. The minimum atomic E-state index is -4.07. The van der Waals surface area contributed by atoms with Crippen molar-refractivity contribution in [1.29, 1.82) is 0 Å². The van der Waals surface area contributed by atoms with Gasteiger partial charge in [-0.3, -0.25) is 4.72 Å². The van der Waals surface area contributed by atoms with Gasteiger partial charge >= 0.3 is 0 Å². The number of phenolic OH excluding ortho intramolecular Hbond substituents is 1. The van der Waals surface area contributed by atoms with Gasteiger partial charge in [-0.05, 0) is 60.5 Å². The number of aromatic hydroxyl groups is 1. The highest BCUT2D eigenvalue weighted by Gasteiger charge is 2.20. The zero-order valence-electron chi connectivity index (χ0n) is 21.2. The van der Waals surface area contributed by atoms with E-state index in [1.165, 1.54) is 58.8 Å². The van der Waals surface area contributed by atoms with Gasteiger partial charge < -0.3 is 34.5 Å². The maximum absolute atomic E-state index is 13.1. The Kier molecular flexibility index (Phi) is 8.61. The molecule has 0 unspecified atom stereocenters. The van der Waals surface area contributed by atoms with E-state index >= 15 is 0 Å². The third kappa shape index (κ3) is 6.12. The van der Waals surface area contributed by atoms with Gasteiger partial charge in [0.1, 0.15) is 5.75 Å². The molecule has 0 fully saturated rings. The number of benzene rings is 3. The van der Waals surface area contributed by atoms with Crippen molar-refractivity contribution in [3.63, 3.8) is 0 Å². The monoisotopic (exact) mass is 530 g/mol. The van der Waals surface area contributed by atoms with Gasteiger partial charge in [-0.15, -0.1) is 0 Å². The molecule has 0 aliphatic heterocycles. The van der Waals surface area contributed by atoms with Gasteiger partial charge in [-0.25, -0.2) is 8.42 Å². The van der Waals surface area contributed by atoms with Crippen LogP contribution in [0.2, 0.25) is 0 Å². The fourth-order valence-corrected chi connectivity index (χ4v) is 4.68. The van der Waals surface area contributed by atoms with Gasteiger partial charge in [0.2, 0.25) is 5.75 Å². The Bertz CT molecular complexity index is 1380. The third-order valence-electron chi connectivity index (χ3n) is 5.29. The van der Waals surface area contributed by atoms with Gasteiger partial charge in [0, 0.05) is 0 Å². The number of phenols is 1. The van der Waals surface area contributed by atoms with Crippen LogP contribution in [0.4, 0.5) is 11.4 Å². The molecule has 0 aromatic heterocycles. The quantitative estimate of drug-likeness (QED) is 0.243. The molecule has 0 atom stereocenters. The largest absolute Gasteiger partial charge is 0.504 e. The van der Waals surface area contributed by atoms with Crippen LogP contribution in [0.3, 0.4) is 0 Å². The highest BCUT2D eigenvalue weighted by Crippen LogP contribution is 2.40. The number of nitrogen functional groups attached to an aromatic ring is 1. The van der Waals surface area contributed by atoms with Gasteiger partial charge in [0.15, 0.2) is 23.0 Å². The Morgan fingerprint density at radius 1 is 0.838 bits per heavy atom. The van der Waals surface area contributed by atoms with E-state index in [0.717, 1.165) is 5.56 Å². The number of nitrogens with one attached hydrogen (secondary N) is 1. The predicted molar refractivity (Wildman–Crippen MR) is 143 cm³/mol. The van der Waals surface area contributed by atoms with E-state index in [-0.39, 0.29) is 27.8 Å². The fraction of sp³-hybridized carbons (Fsp3) is 0.231. The summed E-state index contributed by atoms with van der Waals surface area (Å²) in [5.41, 5.74) is 7.38. The molecule has 3 rings (SSSR count). The first kappa shape index (κ1) is 27.3. The highest BCUT2D eigenvalue weighted by atomic mass is 32.2. The molecule has 0 spiro atoms. The zero-order valence-corrected chi connectivity index (χ0v) is 22.0. The Morgan fingerprint density at radius 2 is 1.43 bits per heavy atom. The average Bonchev–Trinajstić information content (AvgIpc) is 2.87. The molecule has 0 aliphatic carbocycles. The van der Waals surface area contributed by atoms with E-state index in [0.29, 0.717) is 35.2 Å². The second-order valence-corrected chi connectivity index (χ2v) is 9.33. The number of methoxy groups -OCH3 is 4. The number of nitrogens with two attached hydrogens (primary N) is 1. The van der Waals surface area contributed by atoms with Crippen LogP contribution in [-0.2, 0) is 10.0 Å². The Hall–Kier alpha value is -4.25. The van der Waals surface area contributed by atoms with Crippen LogP contribution in [0.5, 0.6) is 34.5 Å². The highest BCUT2D eigenvalue weighted by molar-refractivity contribution is 7.92. The van der Waals surface area contributed by atoms with Crippen LogP contribution in [-0.4, -0.2) is 48.6 Å². The first-order chi connectivity index (χ1) is 17.7. The molecule has 3 aromatic carbocycles. The topological polar surface area (TPSA) is 139 Å².